The Bertz CT molecular complexity index is 2970. The Morgan fingerprint density at radius 1 is 0.256 bits per heavy atom. The quantitative estimate of drug-likeness (QED) is 0.0359. The monoisotopic (exact) mass is 1220 g/mol. The van der Waals surface area contributed by atoms with Crippen molar-refractivity contribution in [1.82, 2.24) is 29.9 Å². The van der Waals surface area contributed by atoms with Crippen LogP contribution in [0.2, 0.25) is 0 Å². The molecule has 0 aliphatic rings. The van der Waals surface area contributed by atoms with Crippen molar-refractivity contribution in [3.8, 4) is 45.3 Å². The molecule has 0 fully saturated rings. The maximum absolute atomic E-state index is 5.09. The molecule has 6 heteroatoms. The number of benzene rings is 4. The number of hydrogen-bond donors (Lipinski definition) is 0. The number of hydrogen-bond acceptors (Lipinski definition) is 6. The van der Waals surface area contributed by atoms with Crippen LogP contribution in [-0.4, -0.2) is 29.9 Å². The van der Waals surface area contributed by atoms with Crippen molar-refractivity contribution < 1.29 is 0 Å². The zero-order chi connectivity index (χ0) is 64.9. The van der Waals surface area contributed by atoms with Gasteiger partial charge in [0.1, 0.15) is 0 Å². The van der Waals surface area contributed by atoms with Crippen LogP contribution in [0.15, 0.2) is 85.5 Å². The SMILES string of the molecule is CCCCCCc1cc(-c2cnc(-c3cc(CCCCCC)c(C)cc3CCCCCC)nc2)c(CCCCCC)cc1C.CCCCCCc1cc(-c2ncc(C)cn2)c(CCCCCC)cc1C.CCCc1nc(-c2ccc(C)cc2)nc(CCC)c1C. The van der Waals surface area contributed by atoms with E-state index in [4.69, 9.17) is 19.9 Å². The second kappa shape index (κ2) is 43.0. The van der Waals surface area contributed by atoms with Crippen molar-refractivity contribution in [3.63, 3.8) is 0 Å². The van der Waals surface area contributed by atoms with Crippen molar-refractivity contribution in [2.45, 2.75) is 315 Å². The van der Waals surface area contributed by atoms with Gasteiger partial charge in [0.25, 0.3) is 0 Å². The number of nitrogens with zero attached hydrogens (tertiary/aromatic N) is 6. The largest absolute Gasteiger partial charge is 0.236 e. The molecule has 90 heavy (non-hydrogen) atoms. The highest BCUT2D eigenvalue weighted by atomic mass is 14.9. The first kappa shape index (κ1) is 74.8. The lowest BCUT2D eigenvalue weighted by Gasteiger charge is -2.17. The van der Waals surface area contributed by atoms with Crippen molar-refractivity contribution in [1.29, 1.82) is 0 Å². The van der Waals surface area contributed by atoms with Crippen LogP contribution < -0.4 is 0 Å². The highest BCUT2D eigenvalue weighted by Gasteiger charge is 2.17. The molecule has 0 N–H and O–H groups in total. The molecule has 0 saturated carbocycles. The van der Waals surface area contributed by atoms with Crippen molar-refractivity contribution in [2.75, 3.05) is 0 Å². The van der Waals surface area contributed by atoms with Crippen LogP contribution >= 0.6 is 0 Å². The summed E-state index contributed by atoms with van der Waals surface area (Å²) in [6, 6.07) is 23.1. The summed E-state index contributed by atoms with van der Waals surface area (Å²) in [5.41, 5.74) is 25.3. The minimum Gasteiger partial charge on any atom is -0.236 e. The van der Waals surface area contributed by atoms with Crippen LogP contribution in [0.3, 0.4) is 0 Å². The van der Waals surface area contributed by atoms with E-state index in [0.717, 1.165) is 80.0 Å². The molecule has 7 rings (SSSR count). The van der Waals surface area contributed by atoms with E-state index >= 15 is 0 Å². The second-order valence-corrected chi connectivity index (χ2v) is 26.5. The summed E-state index contributed by atoms with van der Waals surface area (Å²) in [4.78, 5) is 29.0. The summed E-state index contributed by atoms with van der Waals surface area (Å²) in [7, 11) is 0. The van der Waals surface area contributed by atoms with Gasteiger partial charge in [-0.25, -0.2) is 29.9 Å². The van der Waals surface area contributed by atoms with Gasteiger partial charge in [-0.3, -0.25) is 0 Å². The normalized spacial score (nSPS) is 11.2. The van der Waals surface area contributed by atoms with Crippen LogP contribution in [0.5, 0.6) is 0 Å². The third kappa shape index (κ3) is 25.3. The first-order chi connectivity index (χ1) is 43.8. The van der Waals surface area contributed by atoms with Gasteiger partial charge in [0.2, 0.25) is 0 Å². The van der Waals surface area contributed by atoms with Crippen molar-refractivity contribution in [2.24, 2.45) is 0 Å². The van der Waals surface area contributed by atoms with Gasteiger partial charge in [-0.15, -0.1) is 0 Å². The van der Waals surface area contributed by atoms with Crippen LogP contribution in [0.1, 0.15) is 300 Å². The van der Waals surface area contributed by atoms with E-state index in [0.29, 0.717) is 0 Å². The molecule has 0 atom stereocenters. The fourth-order valence-corrected chi connectivity index (χ4v) is 12.5. The number of unbranched alkanes of at least 4 members (excludes halogenated alkanes) is 18. The highest BCUT2D eigenvalue weighted by molar-refractivity contribution is 5.70. The molecule has 0 unspecified atom stereocenters. The van der Waals surface area contributed by atoms with Gasteiger partial charge in [-0.2, -0.15) is 0 Å². The van der Waals surface area contributed by atoms with Gasteiger partial charge in [-0.1, -0.05) is 238 Å². The third-order valence-electron chi connectivity index (χ3n) is 18.3. The fraction of sp³-hybridized carbons (Fsp3) is 0.571. The molecule has 490 valence electrons. The predicted octanol–water partition coefficient (Wildman–Crippen LogP) is 24.6. The van der Waals surface area contributed by atoms with Gasteiger partial charge >= 0.3 is 0 Å². The van der Waals surface area contributed by atoms with E-state index < -0.39 is 0 Å². The minimum atomic E-state index is 0.877. The highest BCUT2D eigenvalue weighted by Crippen LogP contribution is 2.33. The number of aromatic nitrogens is 6. The molecule has 0 saturated heterocycles. The van der Waals surface area contributed by atoms with Crippen LogP contribution in [0.25, 0.3) is 45.3 Å². The Balaban J connectivity index is 0.000000270. The van der Waals surface area contributed by atoms with Gasteiger partial charge in [0.15, 0.2) is 17.5 Å². The van der Waals surface area contributed by atoms with Gasteiger partial charge in [-0.05, 0) is 210 Å². The van der Waals surface area contributed by atoms with Crippen molar-refractivity contribution in [3.05, 3.63) is 164 Å². The minimum absolute atomic E-state index is 0.877. The van der Waals surface area contributed by atoms with Crippen LogP contribution in [0.4, 0.5) is 0 Å². The Morgan fingerprint density at radius 2 is 0.567 bits per heavy atom. The van der Waals surface area contributed by atoms with E-state index in [1.807, 2.05) is 19.3 Å². The molecule has 0 amide bonds. The zero-order valence-corrected chi connectivity index (χ0v) is 59.8. The molecule has 3 aromatic heterocycles. The molecular weight excluding hydrogens is 1090 g/mol. The van der Waals surface area contributed by atoms with E-state index in [9.17, 15) is 0 Å². The standard InChI is InChI=1S/C42H64N2.C24H36N2.C18H24N2/c1-7-11-15-19-23-35-29-40(37(27-33(35)5)25-21-17-13-9-3)39-31-43-42(44-32-39)41-30-36(24-20-16-12-8-2)34(6)28-38(41)26-22-18-14-10-4;1-5-7-9-11-13-21-16-23(24-25-17-19(3)18-26-24)22(15-20(21)4)14-12-10-8-6-2;1-5-7-16-14(4)17(8-6-2)20-18(19-16)15-11-9-13(3)10-12-15/h27-32H,7-26H2,1-6H3;15-18H,5-14H2,1-4H3;9-12H,5-8H2,1-4H3. The summed E-state index contributed by atoms with van der Waals surface area (Å²) >= 11 is 0. The Morgan fingerprint density at radius 3 is 0.900 bits per heavy atom. The Labute approximate surface area is 551 Å². The fourth-order valence-electron chi connectivity index (χ4n) is 12.5. The van der Waals surface area contributed by atoms with E-state index in [1.165, 1.54) is 262 Å². The molecule has 0 spiro atoms. The van der Waals surface area contributed by atoms with E-state index in [2.05, 4.69) is 173 Å². The van der Waals surface area contributed by atoms with Gasteiger partial charge in [0, 0.05) is 58.4 Å². The van der Waals surface area contributed by atoms with Gasteiger partial charge < -0.3 is 0 Å². The molecule has 0 aliphatic heterocycles. The average Bonchev–Trinajstić information content (AvgIpc) is 1.42. The van der Waals surface area contributed by atoms with Crippen LogP contribution in [-0.2, 0) is 51.4 Å². The lowest BCUT2D eigenvalue weighted by molar-refractivity contribution is 0.662. The molecule has 0 aliphatic carbocycles. The summed E-state index contributed by atoms with van der Waals surface area (Å²) in [5.74, 6) is 2.66. The summed E-state index contributed by atoms with van der Waals surface area (Å²) in [6.07, 6.45) is 50.3. The predicted molar refractivity (Wildman–Crippen MR) is 391 cm³/mol. The Kier molecular flexibility index (Phi) is 35.8. The number of rotatable bonds is 38. The second-order valence-electron chi connectivity index (χ2n) is 26.5. The summed E-state index contributed by atoms with van der Waals surface area (Å²) in [6.45, 7) is 31.3. The molecule has 0 radical (unpaired) electrons. The van der Waals surface area contributed by atoms with E-state index in [-0.39, 0.29) is 0 Å². The molecule has 0 bridgehead atoms. The first-order valence-corrected chi connectivity index (χ1v) is 36.7. The molecule has 7 aromatic rings. The summed E-state index contributed by atoms with van der Waals surface area (Å²) < 4.78 is 0. The molecule has 4 aromatic carbocycles. The molecular formula is C84H124N6. The topological polar surface area (TPSA) is 77.3 Å². The smallest absolute Gasteiger partial charge is 0.159 e. The average molecular weight is 1220 g/mol. The van der Waals surface area contributed by atoms with Crippen LogP contribution in [0, 0.1) is 41.5 Å². The maximum atomic E-state index is 5.09. The first-order valence-electron chi connectivity index (χ1n) is 36.7. The third-order valence-corrected chi connectivity index (χ3v) is 18.3. The van der Waals surface area contributed by atoms with Crippen molar-refractivity contribution >= 4 is 0 Å². The lowest BCUT2D eigenvalue weighted by atomic mass is 9.90. The zero-order valence-electron chi connectivity index (χ0n) is 59.8. The molecule has 6 nitrogen and oxygen atoms in total. The van der Waals surface area contributed by atoms with E-state index in [1.54, 1.807) is 0 Å². The maximum Gasteiger partial charge on any atom is 0.159 e. The Hall–Kier alpha value is -5.88. The number of aryl methyl sites for hydroxylation is 13. The lowest BCUT2D eigenvalue weighted by Crippen LogP contribution is -2.05. The molecule has 3 heterocycles. The van der Waals surface area contributed by atoms with Gasteiger partial charge in [0.05, 0.1) is 0 Å². The summed E-state index contributed by atoms with van der Waals surface area (Å²) in [5, 5.41) is 0.